The van der Waals surface area contributed by atoms with Crippen molar-refractivity contribution in [1.29, 1.82) is 0 Å². The minimum absolute atomic E-state index is 0.273. The number of hydrogen-bond donors (Lipinski definition) is 1. The van der Waals surface area contributed by atoms with Crippen LogP contribution in [0.2, 0.25) is 0 Å². The summed E-state index contributed by atoms with van der Waals surface area (Å²) in [7, 11) is 0. The molecule has 0 aromatic heterocycles. The van der Waals surface area contributed by atoms with E-state index in [-0.39, 0.29) is 6.10 Å². The molecule has 0 radical (unpaired) electrons. The van der Waals surface area contributed by atoms with Gasteiger partial charge >= 0.3 is 0 Å². The van der Waals surface area contributed by atoms with E-state index in [2.05, 4.69) is 11.8 Å². The van der Waals surface area contributed by atoms with Crippen LogP contribution >= 0.6 is 0 Å². The van der Waals surface area contributed by atoms with Gasteiger partial charge < -0.3 is 10.5 Å². The summed E-state index contributed by atoms with van der Waals surface area (Å²) in [6, 6.07) is 0. The van der Waals surface area contributed by atoms with Crippen molar-refractivity contribution in [3.63, 3.8) is 0 Å². The Morgan fingerprint density at radius 1 is 1.38 bits per heavy atom. The molecule has 3 heteroatoms. The number of morpholine rings is 1. The van der Waals surface area contributed by atoms with Crippen molar-refractivity contribution in [2.75, 3.05) is 32.8 Å². The molecule has 1 aliphatic heterocycles. The normalized spacial score (nSPS) is 37.5. The predicted octanol–water partition coefficient (Wildman–Crippen LogP) is 1.47. The van der Waals surface area contributed by atoms with Crippen LogP contribution in [0, 0.1) is 11.8 Å². The first-order chi connectivity index (χ1) is 7.78. The van der Waals surface area contributed by atoms with Crippen molar-refractivity contribution < 1.29 is 4.74 Å². The summed E-state index contributed by atoms with van der Waals surface area (Å²) in [4.78, 5) is 2.56. The number of rotatable bonds is 3. The minimum atomic E-state index is 0.273. The molecule has 2 aliphatic rings. The second-order valence-corrected chi connectivity index (χ2v) is 5.63. The SMILES string of the molecule is CC1CCCC(CN2CCOC(CN)C2)C1. The van der Waals surface area contributed by atoms with E-state index < -0.39 is 0 Å². The lowest BCUT2D eigenvalue weighted by atomic mass is 9.82. The third-order valence-electron chi connectivity index (χ3n) is 4.05. The third kappa shape index (κ3) is 3.44. The van der Waals surface area contributed by atoms with Gasteiger partial charge in [0.05, 0.1) is 12.7 Å². The van der Waals surface area contributed by atoms with Gasteiger partial charge in [-0.25, -0.2) is 0 Å². The molecule has 0 spiro atoms. The van der Waals surface area contributed by atoms with E-state index in [0.29, 0.717) is 6.54 Å². The maximum atomic E-state index is 5.67. The van der Waals surface area contributed by atoms with Crippen LogP contribution in [0.1, 0.15) is 32.6 Å². The molecule has 3 nitrogen and oxygen atoms in total. The molecule has 0 amide bonds. The standard InChI is InChI=1S/C13H26N2O/c1-11-3-2-4-12(7-11)9-15-5-6-16-13(8-14)10-15/h11-13H,2-10,14H2,1H3. The average molecular weight is 226 g/mol. The number of hydrogen-bond acceptors (Lipinski definition) is 3. The molecule has 0 aromatic rings. The molecule has 0 bridgehead atoms. The summed E-state index contributed by atoms with van der Waals surface area (Å²) < 4.78 is 5.60. The van der Waals surface area contributed by atoms with E-state index in [4.69, 9.17) is 10.5 Å². The third-order valence-corrected chi connectivity index (χ3v) is 4.05. The molecular formula is C13H26N2O. The number of ether oxygens (including phenoxy) is 1. The molecule has 1 saturated heterocycles. The van der Waals surface area contributed by atoms with Gasteiger partial charge in [0, 0.05) is 26.2 Å². The molecule has 16 heavy (non-hydrogen) atoms. The van der Waals surface area contributed by atoms with Crippen molar-refractivity contribution >= 4 is 0 Å². The molecule has 1 heterocycles. The van der Waals surface area contributed by atoms with Crippen molar-refractivity contribution in [3.8, 4) is 0 Å². The lowest BCUT2D eigenvalue weighted by molar-refractivity contribution is -0.0301. The molecule has 2 fully saturated rings. The van der Waals surface area contributed by atoms with Crippen LogP contribution in [-0.2, 0) is 4.74 Å². The first-order valence-electron chi connectivity index (χ1n) is 6.82. The molecule has 1 aliphatic carbocycles. The van der Waals surface area contributed by atoms with E-state index in [1.165, 1.54) is 32.2 Å². The highest BCUT2D eigenvalue weighted by Gasteiger charge is 2.24. The van der Waals surface area contributed by atoms with Crippen molar-refractivity contribution in [3.05, 3.63) is 0 Å². The summed E-state index contributed by atoms with van der Waals surface area (Å²) in [5.74, 6) is 1.85. The second kappa shape index (κ2) is 5.99. The molecule has 0 aromatic carbocycles. The lowest BCUT2D eigenvalue weighted by Gasteiger charge is -2.36. The first-order valence-corrected chi connectivity index (χ1v) is 6.82. The van der Waals surface area contributed by atoms with E-state index in [9.17, 15) is 0 Å². The highest BCUT2D eigenvalue weighted by Crippen LogP contribution is 2.29. The first kappa shape index (κ1) is 12.3. The molecule has 94 valence electrons. The average Bonchev–Trinajstić information content (AvgIpc) is 2.29. The van der Waals surface area contributed by atoms with E-state index in [1.807, 2.05) is 0 Å². The van der Waals surface area contributed by atoms with E-state index >= 15 is 0 Å². The fourth-order valence-electron chi connectivity index (χ4n) is 3.18. The van der Waals surface area contributed by atoms with Gasteiger partial charge in [-0.3, -0.25) is 4.90 Å². The van der Waals surface area contributed by atoms with Gasteiger partial charge in [-0.15, -0.1) is 0 Å². The summed E-state index contributed by atoms with van der Waals surface area (Å²) >= 11 is 0. The highest BCUT2D eigenvalue weighted by molar-refractivity contribution is 4.77. The monoisotopic (exact) mass is 226 g/mol. The van der Waals surface area contributed by atoms with Gasteiger partial charge in [-0.2, -0.15) is 0 Å². The maximum Gasteiger partial charge on any atom is 0.0824 e. The summed E-state index contributed by atoms with van der Waals surface area (Å²) in [5, 5.41) is 0. The molecule has 2 N–H and O–H groups in total. The summed E-state index contributed by atoms with van der Waals surface area (Å²) in [6.07, 6.45) is 5.98. The van der Waals surface area contributed by atoms with Crippen LogP contribution in [0.4, 0.5) is 0 Å². The predicted molar refractivity (Wildman–Crippen MR) is 66.4 cm³/mol. The number of nitrogens with zero attached hydrogens (tertiary/aromatic N) is 1. The Bertz CT molecular complexity index is 210. The van der Waals surface area contributed by atoms with Gasteiger partial charge in [-0.1, -0.05) is 19.8 Å². The zero-order chi connectivity index (χ0) is 11.4. The Labute approximate surface area is 99.3 Å². The molecular weight excluding hydrogens is 200 g/mol. The van der Waals surface area contributed by atoms with Crippen molar-refractivity contribution in [2.24, 2.45) is 17.6 Å². The van der Waals surface area contributed by atoms with E-state index in [1.54, 1.807) is 0 Å². The van der Waals surface area contributed by atoms with Crippen LogP contribution in [0.15, 0.2) is 0 Å². The highest BCUT2D eigenvalue weighted by atomic mass is 16.5. The second-order valence-electron chi connectivity index (χ2n) is 5.63. The van der Waals surface area contributed by atoms with Gasteiger partial charge in [0.1, 0.15) is 0 Å². The zero-order valence-corrected chi connectivity index (χ0v) is 10.5. The van der Waals surface area contributed by atoms with Crippen molar-refractivity contribution in [2.45, 2.75) is 38.7 Å². The largest absolute Gasteiger partial charge is 0.374 e. The Hall–Kier alpha value is -0.120. The smallest absolute Gasteiger partial charge is 0.0824 e. The van der Waals surface area contributed by atoms with Crippen molar-refractivity contribution in [1.82, 2.24) is 4.90 Å². The Morgan fingerprint density at radius 3 is 3.00 bits per heavy atom. The van der Waals surface area contributed by atoms with Gasteiger partial charge in [0.25, 0.3) is 0 Å². The topological polar surface area (TPSA) is 38.5 Å². The molecule has 3 unspecified atom stereocenters. The zero-order valence-electron chi connectivity index (χ0n) is 10.5. The number of nitrogens with two attached hydrogens (primary N) is 1. The van der Waals surface area contributed by atoms with Crippen LogP contribution in [-0.4, -0.2) is 43.8 Å². The van der Waals surface area contributed by atoms with E-state index in [0.717, 1.165) is 31.5 Å². The van der Waals surface area contributed by atoms with Crippen LogP contribution in [0.25, 0.3) is 0 Å². The van der Waals surface area contributed by atoms with Crippen LogP contribution in [0.3, 0.4) is 0 Å². The van der Waals surface area contributed by atoms with Crippen LogP contribution in [0.5, 0.6) is 0 Å². The summed E-state index contributed by atoms with van der Waals surface area (Å²) in [6.45, 7) is 7.34. The quantitative estimate of drug-likeness (QED) is 0.792. The van der Waals surface area contributed by atoms with Gasteiger partial charge in [0.15, 0.2) is 0 Å². The minimum Gasteiger partial charge on any atom is -0.374 e. The Balaban J connectivity index is 1.75. The Morgan fingerprint density at radius 2 is 2.25 bits per heavy atom. The van der Waals surface area contributed by atoms with Crippen LogP contribution < -0.4 is 5.73 Å². The molecule has 3 atom stereocenters. The lowest BCUT2D eigenvalue weighted by Crippen LogP contribution is -2.47. The fourth-order valence-corrected chi connectivity index (χ4v) is 3.18. The summed E-state index contributed by atoms with van der Waals surface area (Å²) in [5.41, 5.74) is 5.67. The van der Waals surface area contributed by atoms with Gasteiger partial charge in [0.2, 0.25) is 0 Å². The fraction of sp³-hybridized carbons (Fsp3) is 1.00. The van der Waals surface area contributed by atoms with Gasteiger partial charge in [-0.05, 0) is 24.7 Å². The maximum absolute atomic E-state index is 5.67. The Kier molecular flexibility index (Phi) is 4.62. The molecule has 2 rings (SSSR count). The molecule has 1 saturated carbocycles.